The fourth-order valence-corrected chi connectivity index (χ4v) is 2.53. The number of hydrogen-bond donors (Lipinski definition) is 2. The number of fused-ring (bicyclic) bond motifs is 1. The summed E-state index contributed by atoms with van der Waals surface area (Å²) >= 11 is 0. The maximum absolute atomic E-state index is 10.9. The van der Waals surface area contributed by atoms with E-state index in [0.717, 1.165) is 6.42 Å². The molecule has 1 heterocycles. The van der Waals surface area contributed by atoms with Crippen molar-refractivity contribution in [3.63, 3.8) is 0 Å². The molecule has 1 fully saturated rings. The van der Waals surface area contributed by atoms with Crippen LogP contribution in [0.5, 0.6) is 0 Å². The summed E-state index contributed by atoms with van der Waals surface area (Å²) in [6.45, 7) is 1.92. The Labute approximate surface area is 82.2 Å². The first-order valence-corrected chi connectivity index (χ1v) is 4.88. The van der Waals surface area contributed by atoms with Crippen molar-refractivity contribution in [2.45, 2.75) is 32.0 Å². The van der Waals surface area contributed by atoms with E-state index in [2.05, 4.69) is 0 Å². The lowest BCUT2D eigenvalue weighted by molar-refractivity contribution is -0.135. The molecular formula is C10H14O4. The Bertz CT molecular complexity index is 284. The van der Waals surface area contributed by atoms with Gasteiger partial charge in [0.2, 0.25) is 0 Å². The third-order valence-electron chi connectivity index (χ3n) is 3.29. The smallest absolute Gasteiger partial charge is 0.335 e. The van der Waals surface area contributed by atoms with Gasteiger partial charge < -0.3 is 14.9 Å². The minimum absolute atomic E-state index is 0.0141. The zero-order valence-corrected chi connectivity index (χ0v) is 8.01. The second kappa shape index (κ2) is 3.28. The molecule has 14 heavy (non-hydrogen) atoms. The zero-order valence-electron chi connectivity index (χ0n) is 8.01. The number of aliphatic carboxylic acids is 1. The van der Waals surface area contributed by atoms with Crippen molar-refractivity contribution in [3.05, 3.63) is 11.8 Å². The minimum Gasteiger partial charge on any atom is -0.497 e. The van der Waals surface area contributed by atoms with Gasteiger partial charge >= 0.3 is 5.97 Å². The van der Waals surface area contributed by atoms with Gasteiger partial charge in [-0.15, -0.1) is 0 Å². The highest BCUT2D eigenvalue weighted by atomic mass is 16.5. The molecule has 2 N–H and O–H groups in total. The van der Waals surface area contributed by atoms with Crippen molar-refractivity contribution in [1.82, 2.24) is 0 Å². The highest BCUT2D eigenvalue weighted by Gasteiger charge is 2.45. The number of carboxylic acids is 1. The Kier molecular flexibility index (Phi) is 2.23. The van der Waals surface area contributed by atoms with Crippen LogP contribution < -0.4 is 0 Å². The van der Waals surface area contributed by atoms with E-state index in [1.54, 1.807) is 0 Å². The van der Waals surface area contributed by atoms with Crippen molar-refractivity contribution in [2.24, 2.45) is 11.8 Å². The van der Waals surface area contributed by atoms with E-state index in [0.29, 0.717) is 6.42 Å². The standard InChI is InChI=1S/C10H14O4/c1-5-6-2-3-8(11)9(6)7(4-14-5)10(12)13/h4-6,8-9,11H,2-3H2,1H3,(H,12,13)/t5-,6-,8+,9-/m0/s1. The van der Waals surface area contributed by atoms with Crippen LogP contribution >= 0.6 is 0 Å². The largest absolute Gasteiger partial charge is 0.497 e. The average Bonchev–Trinajstić information content (AvgIpc) is 2.50. The molecule has 1 aliphatic heterocycles. The molecule has 2 rings (SSSR count). The van der Waals surface area contributed by atoms with Gasteiger partial charge in [0.1, 0.15) is 0 Å². The zero-order chi connectivity index (χ0) is 10.3. The molecule has 0 saturated heterocycles. The van der Waals surface area contributed by atoms with Crippen LogP contribution in [0, 0.1) is 11.8 Å². The molecule has 4 atom stereocenters. The van der Waals surface area contributed by atoms with E-state index in [9.17, 15) is 9.90 Å². The lowest BCUT2D eigenvalue weighted by atomic mass is 9.83. The van der Waals surface area contributed by atoms with Crippen LogP contribution in [0.2, 0.25) is 0 Å². The van der Waals surface area contributed by atoms with Gasteiger partial charge in [-0.2, -0.15) is 0 Å². The number of carboxylic acid groups (broad SMARTS) is 1. The van der Waals surface area contributed by atoms with Gasteiger partial charge in [0.25, 0.3) is 0 Å². The monoisotopic (exact) mass is 198 g/mol. The molecule has 0 bridgehead atoms. The number of ether oxygens (including phenoxy) is 1. The second-order valence-electron chi connectivity index (χ2n) is 4.05. The van der Waals surface area contributed by atoms with Crippen LogP contribution in [0.25, 0.3) is 0 Å². The third-order valence-corrected chi connectivity index (χ3v) is 3.29. The number of rotatable bonds is 1. The maximum atomic E-state index is 10.9. The molecule has 4 nitrogen and oxygen atoms in total. The Hall–Kier alpha value is -1.03. The van der Waals surface area contributed by atoms with Crippen LogP contribution in [0.15, 0.2) is 11.8 Å². The maximum Gasteiger partial charge on any atom is 0.335 e. The summed E-state index contributed by atoms with van der Waals surface area (Å²) in [7, 11) is 0. The van der Waals surface area contributed by atoms with E-state index < -0.39 is 12.1 Å². The number of aliphatic hydroxyl groups excluding tert-OH is 1. The summed E-state index contributed by atoms with van der Waals surface area (Å²) in [5, 5.41) is 18.6. The van der Waals surface area contributed by atoms with Crippen molar-refractivity contribution in [1.29, 1.82) is 0 Å². The molecule has 78 valence electrons. The highest BCUT2D eigenvalue weighted by Crippen LogP contribution is 2.42. The molecule has 1 aliphatic carbocycles. The van der Waals surface area contributed by atoms with Crippen LogP contribution in [-0.2, 0) is 9.53 Å². The first-order valence-electron chi connectivity index (χ1n) is 4.88. The molecule has 0 aromatic heterocycles. The van der Waals surface area contributed by atoms with E-state index >= 15 is 0 Å². The summed E-state index contributed by atoms with van der Waals surface area (Å²) in [5.74, 6) is -1.06. The van der Waals surface area contributed by atoms with Crippen LogP contribution in [0.3, 0.4) is 0 Å². The summed E-state index contributed by atoms with van der Waals surface area (Å²) in [6.07, 6.45) is 2.31. The highest BCUT2D eigenvalue weighted by molar-refractivity contribution is 5.87. The van der Waals surface area contributed by atoms with Gasteiger partial charge in [-0.05, 0) is 19.8 Å². The Morgan fingerprint density at radius 2 is 2.29 bits per heavy atom. The van der Waals surface area contributed by atoms with E-state index in [4.69, 9.17) is 9.84 Å². The first kappa shape index (κ1) is 9.52. The quantitative estimate of drug-likeness (QED) is 0.652. The number of aliphatic hydroxyl groups is 1. The Morgan fingerprint density at radius 3 is 2.93 bits per heavy atom. The third kappa shape index (κ3) is 1.30. The Morgan fingerprint density at radius 1 is 1.57 bits per heavy atom. The second-order valence-corrected chi connectivity index (χ2v) is 4.05. The number of carbonyl (C=O) groups is 1. The summed E-state index contributed by atoms with van der Waals surface area (Å²) in [5.41, 5.74) is 0.220. The van der Waals surface area contributed by atoms with Gasteiger partial charge in [0.15, 0.2) is 0 Å². The lowest BCUT2D eigenvalue weighted by Gasteiger charge is -2.31. The van der Waals surface area contributed by atoms with Gasteiger partial charge in [0, 0.05) is 11.8 Å². The summed E-state index contributed by atoms with van der Waals surface area (Å²) in [4.78, 5) is 10.9. The van der Waals surface area contributed by atoms with Crippen LogP contribution in [0.4, 0.5) is 0 Å². The normalized spacial score (nSPS) is 41.1. The van der Waals surface area contributed by atoms with Crippen LogP contribution in [-0.4, -0.2) is 28.4 Å². The van der Waals surface area contributed by atoms with Crippen molar-refractivity contribution >= 4 is 5.97 Å². The summed E-state index contributed by atoms with van der Waals surface area (Å²) in [6, 6.07) is 0. The van der Waals surface area contributed by atoms with Gasteiger partial charge in [-0.3, -0.25) is 0 Å². The fraction of sp³-hybridized carbons (Fsp3) is 0.700. The SMILES string of the molecule is C[C@@H]1OC=C(C(=O)O)[C@@H]2[C@H]1CC[C@H]2O. The van der Waals surface area contributed by atoms with E-state index in [1.165, 1.54) is 6.26 Å². The number of hydrogen-bond acceptors (Lipinski definition) is 3. The molecule has 0 aromatic carbocycles. The fourth-order valence-electron chi connectivity index (χ4n) is 2.53. The van der Waals surface area contributed by atoms with Crippen molar-refractivity contribution in [2.75, 3.05) is 0 Å². The predicted molar refractivity (Wildman–Crippen MR) is 48.5 cm³/mol. The average molecular weight is 198 g/mol. The van der Waals surface area contributed by atoms with Crippen LogP contribution in [0.1, 0.15) is 19.8 Å². The molecule has 0 spiro atoms. The summed E-state index contributed by atoms with van der Waals surface area (Å²) < 4.78 is 5.26. The molecule has 0 amide bonds. The molecular weight excluding hydrogens is 184 g/mol. The minimum atomic E-state index is -0.979. The molecule has 2 aliphatic rings. The topological polar surface area (TPSA) is 66.8 Å². The predicted octanol–water partition coefficient (Wildman–Crippen LogP) is 0.761. The van der Waals surface area contributed by atoms with Gasteiger partial charge in [-0.25, -0.2) is 4.79 Å². The van der Waals surface area contributed by atoms with Crippen molar-refractivity contribution in [3.8, 4) is 0 Å². The lowest BCUT2D eigenvalue weighted by Crippen LogP contribution is -2.35. The molecule has 1 saturated carbocycles. The van der Waals surface area contributed by atoms with Gasteiger partial charge in [-0.1, -0.05) is 0 Å². The van der Waals surface area contributed by atoms with Crippen molar-refractivity contribution < 1.29 is 19.7 Å². The van der Waals surface area contributed by atoms with Gasteiger partial charge in [0.05, 0.1) is 24.0 Å². The molecule has 0 radical (unpaired) electrons. The molecule has 0 unspecified atom stereocenters. The Balaban J connectivity index is 2.30. The molecule has 0 aromatic rings. The van der Waals surface area contributed by atoms with E-state index in [-0.39, 0.29) is 23.5 Å². The first-order chi connectivity index (χ1) is 6.61. The molecule has 4 heteroatoms. The van der Waals surface area contributed by atoms with E-state index in [1.807, 2.05) is 6.92 Å².